The average molecular weight is 542 g/mol. The zero-order valence-corrected chi connectivity index (χ0v) is 20.7. The monoisotopic (exact) mass is 541 g/mol. The number of rotatable bonds is 7. The van der Waals surface area contributed by atoms with Gasteiger partial charge >= 0.3 is 0 Å². The number of aromatic hydroxyl groups is 1. The molecule has 1 aliphatic heterocycles. The Kier molecular flexibility index (Phi) is 7.39. The first kappa shape index (κ1) is 23.7. The fourth-order valence-corrected chi connectivity index (χ4v) is 4.51. The van der Waals surface area contributed by atoms with Crippen LogP contribution < -0.4 is 9.47 Å². The number of methoxy groups -OCH3 is 2. The third-order valence-corrected chi connectivity index (χ3v) is 6.27. The number of carbonyl (C=O) groups excluding carboxylic acids is 1. The van der Waals surface area contributed by atoms with E-state index in [1.165, 1.54) is 37.1 Å². The maximum atomic E-state index is 13.2. The molecule has 3 aromatic rings. The number of phenolic OH excluding ortho intramolecular Hbond substituents is 1. The van der Waals surface area contributed by atoms with Crippen molar-refractivity contribution in [3.8, 4) is 17.2 Å². The van der Waals surface area contributed by atoms with E-state index in [0.717, 1.165) is 10.0 Å². The van der Waals surface area contributed by atoms with Crippen molar-refractivity contribution in [2.24, 2.45) is 10.2 Å². The van der Waals surface area contributed by atoms with E-state index in [0.29, 0.717) is 21.4 Å². The zero-order chi connectivity index (χ0) is 24.1. The van der Waals surface area contributed by atoms with Crippen LogP contribution in [0.15, 0.2) is 78.8 Å². The van der Waals surface area contributed by atoms with Crippen LogP contribution in [-0.4, -0.2) is 41.5 Å². The maximum absolute atomic E-state index is 13.2. The van der Waals surface area contributed by atoms with Crippen LogP contribution in [-0.2, 0) is 11.3 Å². The predicted octanol–water partition coefficient (Wildman–Crippen LogP) is 5.27. The van der Waals surface area contributed by atoms with Gasteiger partial charge in [0.15, 0.2) is 16.7 Å². The summed E-state index contributed by atoms with van der Waals surface area (Å²) < 4.78 is 16.7. The fourth-order valence-electron chi connectivity index (χ4n) is 3.16. The molecule has 34 heavy (non-hydrogen) atoms. The molecule has 1 aliphatic rings. The minimum absolute atomic E-state index is 0.0997. The standard InChI is InChI=1S/C24H20BrN3O5S/c1-31-19-10-16(11-20(32-2)22(19)29)13-26-27-24-28(14-18-7-4-8-33-18)23(30)21(34-24)12-15-5-3-6-17(25)9-15/h3-13,29H,14H2,1-2H3/b21-12-,26-13-,27-24+. The first-order valence-corrected chi connectivity index (χ1v) is 11.6. The van der Waals surface area contributed by atoms with E-state index in [4.69, 9.17) is 13.9 Å². The topological polar surface area (TPSA) is 96.9 Å². The molecule has 1 saturated heterocycles. The lowest BCUT2D eigenvalue weighted by Crippen LogP contribution is -2.28. The summed E-state index contributed by atoms with van der Waals surface area (Å²) in [5, 5.41) is 18.9. The van der Waals surface area contributed by atoms with Gasteiger partial charge in [0.25, 0.3) is 5.91 Å². The van der Waals surface area contributed by atoms with E-state index in [1.807, 2.05) is 30.3 Å². The Bertz CT molecular complexity index is 1260. The van der Waals surface area contributed by atoms with Crippen LogP contribution in [0.1, 0.15) is 16.9 Å². The number of carbonyl (C=O) groups is 1. The number of halogens is 1. The molecule has 8 nitrogen and oxygen atoms in total. The molecule has 0 bridgehead atoms. The smallest absolute Gasteiger partial charge is 0.267 e. The lowest BCUT2D eigenvalue weighted by Gasteiger charge is -2.12. The molecule has 1 fully saturated rings. The van der Waals surface area contributed by atoms with Crippen molar-refractivity contribution in [2.75, 3.05) is 14.2 Å². The largest absolute Gasteiger partial charge is 0.502 e. The number of amidine groups is 1. The van der Waals surface area contributed by atoms with Crippen molar-refractivity contribution in [1.82, 2.24) is 4.90 Å². The summed E-state index contributed by atoms with van der Waals surface area (Å²) in [7, 11) is 2.89. The molecule has 174 valence electrons. The molecule has 2 heterocycles. The molecule has 1 aromatic heterocycles. The van der Waals surface area contributed by atoms with Gasteiger partial charge in [0.1, 0.15) is 5.76 Å². The van der Waals surface area contributed by atoms with E-state index in [1.54, 1.807) is 30.5 Å². The molecule has 2 aromatic carbocycles. The summed E-state index contributed by atoms with van der Waals surface area (Å²) in [4.78, 5) is 15.2. The SMILES string of the molecule is COc1cc(/C=N\N=C2\S/C(=C\c3cccc(Br)c3)C(=O)N2Cc2ccco2)cc(OC)c1O. The molecule has 4 rings (SSSR count). The number of thioether (sulfide) groups is 1. The third-order valence-electron chi connectivity index (χ3n) is 4.78. The summed E-state index contributed by atoms with van der Waals surface area (Å²) in [5.74, 6) is 0.832. The van der Waals surface area contributed by atoms with Gasteiger partial charge in [0, 0.05) is 10.0 Å². The number of nitrogens with zero attached hydrogens (tertiary/aromatic N) is 3. The number of benzene rings is 2. The van der Waals surface area contributed by atoms with Crippen molar-refractivity contribution >= 4 is 51.1 Å². The number of amides is 1. The number of phenols is 1. The Labute approximate surface area is 208 Å². The maximum Gasteiger partial charge on any atom is 0.267 e. The van der Waals surface area contributed by atoms with Crippen molar-refractivity contribution in [3.05, 3.63) is 81.1 Å². The highest BCUT2D eigenvalue weighted by Crippen LogP contribution is 2.37. The first-order valence-electron chi connectivity index (χ1n) is 10.0. The molecule has 0 unspecified atom stereocenters. The van der Waals surface area contributed by atoms with Gasteiger partial charge in [-0.1, -0.05) is 28.1 Å². The Morgan fingerprint density at radius 2 is 1.88 bits per heavy atom. The highest BCUT2D eigenvalue weighted by atomic mass is 79.9. The van der Waals surface area contributed by atoms with Gasteiger partial charge in [-0.15, -0.1) is 5.10 Å². The number of ether oxygens (including phenoxy) is 2. The van der Waals surface area contributed by atoms with Crippen LogP contribution in [0.3, 0.4) is 0 Å². The van der Waals surface area contributed by atoms with Crippen LogP contribution in [0.2, 0.25) is 0 Å². The van der Waals surface area contributed by atoms with E-state index in [9.17, 15) is 9.90 Å². The first-order chi connectivity index (χ1) is 16.5. The molecular weight excluding hydrogens is 522 g/mol. The summed E-state index contributed by atoms with van der Waals surface area (Å²) in [6, 6.07) is 14.4. The molecule has 1 amide bonds. The Balaban J connectivity index is 1.64. The summed E-state index contributed by atoms with van der Waals surface area (Å²) in [6.45, 7) is 0.226. The highest BCUT2D eigenvalue weighted by molar-refractivity contribution is 9.10. The minimum atomic E-state index is -0.191. The minimum Gasteiger partial charge on any atom is -0.502 e. The lowest BCUT2D eigenvalue weighted by atomic mass is 10.2. The second kappa shape index (κ2) is 10.6. The van der Waals surface area contributed by atoms with E-state index >= 15 is 0 Å². The van der Waals surface area contributed by atoms with Crippen molar-refractivity contribution in [2.45, 2.75) is 6.54 Å². The zero-order valence-electron chi connectivity index (χ0n) is 18.3. The van der Waals surface area contributed by atoms with Crippen molar-refractivity contribution in [3.63, 3.8) is 0 Å². The van der Waals surface area contributed by atoms with Crippen LogP contribution in [0.25, 0.3) is 6.08 Å². The third kappa shape index (κ3) is 5.35. The van der Waals surface area contributed by atoms with Gasteiger partial charge in [0.2, 0.25) is 5.75 Å². The normalized spacial score (nSPS) is 16.2. The Morgan fingerprint density at radius 1 is 1.12 bits per heavy atom. The predicted molar refractivity (Wildman–Crippen MR) is 135 cm³/mol. The van der Waals surface area contributed by atoms with Gasteiger partial charge in [-0.25, -0.2) is 0 Å². The van der Waals surface area contributed by atoms with Crippen molar-refractivity contribution in [1.29, 1.82) is 0 Å². The van der Waals surface area contributed by atoms with Gasteiger partial charge in [-0.05, 0) is 59.8 Å². The highest BCUT2D eigenvalue weighted by Gasteiger charge is 2.34. The Hall–Kier alpha value is -3.50. The quantitative estimate of drug-likeness (QED) is 0.248. The number of hydrogen-bond acceptors (Lipinski definition) is 8. The summed E-state index contributed by atoms with van der Waals surface area (Å²) in [5.41, 5.74) is 1.49. The number of furan rings is 1. The van der Waals surface area contributed by atoms with Crippen molar-refractivity contribution < 1.29 is 23.8 Å². The van der Waals surface area contributed by atoms with Gasteiger partial charge < -0.3 is 19.0 Å². The van der Waals surface area contributed by atoms with Gasteiger partial charge in [0.05, 0.1) is 38.1 Å². The van der Waals surface area contributed by atoms with E-state index < -0.39 is 0 Å². The Morgan fingerprint density at radius 3 is 2.53 bits per heavy atom. The fraction of sp³-hybridized carbons (Fsp3) is 0.125. The number of hydrogen-bond donors (Lipinski definition) is 1. The van der Waals surface area contributed by atoms with Crippen LogP contribution in [0.4, 0.5) is 0 Å². The molecule has 0 spiro atoms. The molecule has 0 aliphatic carbocycles. The van der Waals surface area contributed by atoms with Crippen LogP contribution >= 0.6 is 27.7 Å². The van der Waals surface area contributed by atoms with Crippen LogP contribution in [0, 0.1) is 0 Å². The molecule has 0 radical (unpaired) electrons. The molecule has 0 atom stereocenters. The molecule has 10 heteroatoms. The second-order valence-electron chi connectivity index (χ2n) is 7.04. The molecule has 1 N–H and O–H groups in total. The van der Waals surface area contributed by atoms with Crippen LogP contribution in [0.5, 0.6) is 17.2 Å². The van der Waals surface area contributed by atoms with E-state index in [-0.39, 0.29) is 29.7 Å². The summed E-state index contributed by atoms with van der Waals surface area (Å²) in [6.07, 6.45) is 4.86. The lowest BCUT2D eigenvalue weighted by molar-refractivity contribution is -0.122. The van der Waals surface area contributed by atoms with Gasteiger partial charge in [-0.3, -0.25) is 9.69 Å². The van der Waals surface area contributed by atoms with Gasteiger partial charge in [-0.2, -0.15) is 5.10 Å². The molecule has 0 saturated carbocycles. The average Bonchev–Trinajstić information content (AvgIpc) is 3.44. The molecular formula is C24H20BrN3O5S. The van der Waals surface area contributed by atoms with E-state index in [2.05, 4.69) is 26.1 Å². The summed E-state index contributed by atoms with van der Waals surface area (Å²) >= 11 is 4.68. The second-order valence-corrected chi connectivity index (χ2v) is 8.96.